The van der Waals surface area contributed by atoms with E-state index >= 15 is 0 Å². The third-order valence-electron chi connectivity index (χ3n) is 4.76. The zero-order valence-electron chi connectivity index (χ0n) is 14.0. The van der Waals surface area contributed by atoms with Crippen LogP contribution in [-0.2, 0) is 7.05 Å². The summed E-state index contributed by atoms with van der Waals surface area (Å²) in [6.45, 7) is 1.18. The molecule has 5 nitrogen and oxygen atoms in total. The van der Waals surface area contributed by atoms with Gasteiger partial charge in [-0.1, -0.05) is 18.2 Å². The molecule has 1 fully saturated rings. The first-order valence-electron chi connectivity index (χ1n) is 8.43. The lowest BCUT2D eigenvalue weighted by atomic mass is 9.93. The van der Waals surface area contributed by atoms with Crippen molar-refractivity contribution < 1.29 is 9.59 Å². The number of amides is 1. The Morgan fingerprint density at radius 3 is 2.88 bits per heavy atom. The molecular weight excluding hydrogens is 334 g/mol. The Labute approximate surface area is 149 Å². The number of carbonyl (C=O) groups is 2. The molecular formula is C19H19N3O2S. The third-order valence-corrected chi connectivity index (χ3v) is 5.86. The standard InChI is InChI=1S/C19H19N3O2S/c1-21-10-8-20-18(21)17(23)14-6-4-9-22(12-14)19(24)16-11-13-5-2-3-7-15(13)25-16/h2-3,5,7-8,10-11,14H,4,6,9,12H2,1H3. The van der Waals surface area contributed by atoms with Gasteiger partial charge in [-0.15, -0.1) is 11.3 Å². The van der Waals surface area contributed by atoms with E-state index in [0.717, 1.165) is 27.8 Å². The summed E-state index contributed by atoms with van der Waals surface area (Å²) in [5.41, 5.74) is 0. The summed E-state index contributed by atoms with van der Waals surface area (Å²) in [6.07, 6.45) is 5.06. The molecule has 1 aliphatic heterocycles. The second-order valence-corrected chi connectivity index (χ2v) is 7.55. The quantitative estimate of drug-likeness (QED) is 0.679. The van der Waals surface area contributed by atoms with Crippen molar-refractivity contribution in [3.63, 3.8) is 0 Å². The summed E-state index contributed by atoms with van der Waals surface area (Å²) in [4.78, 5) is 32.3. The van der Waals surface area contributed by atoms with Gasteiger partial charge in [0.25, 0.3) is 5.91 Å². The summed E-state index contributed by atoms with van der Waals surface area (Å²) in [5, 5.41) is 1.09. The predicted molar refractivity (Wildman–Crippen MR) is 98.0 cm³/mol. The Morgan fingerprint density at radius 2 is 2.12 bits per heavy atom. The number of piperidine rings is 1. The van der Waals surface area contributed by atoms with E-state index in [1.807, 2.05) is 42.3 Å². The van der Waals surface area contributed by atoms with Crippen LogP contribution in [0.3, 0.4) is 0 Å². The molecule has 25 heavy (non-hydrogen) atoms. The minimum absolute atomic E-state index is 0.0264. The number of Topliss-reactive ketones (excluding diaryl/α,β-unsaturated/α-hetero) is 1. The molecule has 0 radical (unpaired) electrons. The Kier molecular flexibility index (Phi) is 4.13. The van der Waals surface area contributed by atoms with Crippen LogP contribution in [0, 0.1) is 5.92 Å². The first-order chi connectivity index (χ1) is 12.1. The fourth-order valence-electron chi connectivity index (χ4n) is 3.40. The average Bonchev–Trinajstić information content (AvgIpc) is 3.26. The maximum Gasteiger partial charge on any atom is 0.263 e. The lowest BCUT2D eigenvalue weighted by Gasteiger charge is -2.31. The van der Waals surface area contributed by atoms with E-state index in [1.165, 1.54) is 11.3 Å². The van der Waals surface area contributed by atoms with Crippen molar-refractivity contribution in [3.05, 3.63) is 53.4 Å². The molecule has 2 aromatic heterocycles. The highest BCUT2D eigenvalue weighted by atomic mass is 32.1. The highest BCUT2D eigenvalue weighted by Gasteiger charge is 2.31. The number of thiophene rings is 1. The van der Waals surface area contributed by atoms with Gasteiger partial charge in [0.2, 0.25) is 5.78 Å². The lowest BCUT2D eigenvalue weighted by molar-refractivity contribution is 0.0636. The van der Waals surface area contributed by atoms with Crippen molar-refractivity contribution in [2.75, 3.05) is 13.1 Å². The van der Waals surface area contributed by atoms with E-state index in [9.17, 15) is 9.59 Å². The van der Waals surface area contributed by atoms with Crippen molar-refractivity contribution in [1.82, 2.24) is 14.5 Å². The molecule has 1 unspecified atom stereocenters. The van der Waals surface area contributed by atoms with Crippen LogP contribution < -0.4 is 0 Å². The highest BCUT2D eigenvalue weighted by Crippen LogP contribution is 2.28. The van der Waals surface area contributed by atoms with Crippen LogP contribution in [0.25, 0.3) is 10.1 Å². The fourth-order valence-corrected chi connectivity index (χ4v) is 4.43. The predicted octanol–water partition coefficient (Wildman–Crippen LogP) is 3.37. The zero-order valence-corrected chi connectivity index (χ0v) is 14.8. The summed E-state index contributed by atoms with van der Waals surface area (Å²) in [5.74, 6) is 0.356. The second-order valence-electron chi connectivity index (χ2n) is 6.46. The van der Waals surface area contributed by atoms with Crippen LogP contribution >= 0.6 is 11.3 Å². The maximum atomic E-state index is 12.9. The van der Waals surface area contributed by atoms with E-state index in [1.54, 1.807) is 17.0 Å². The molecule has 0 spiro atoms. The Bertz CT molecular complexity index is 910. The second kappa shape index (κ2) is 6.44. The Balaban J connectivity index is 1.53. The Hall–Kier alpha value is -2.47. The molecule has 4 rings (SSSR count). The minimum atomic E-state index is -0.173. The topological polar surface area (TPSA) is 55.2 Å². The van der Waals surface area contributed by atoms with Gasteiger partial charge in [-0.25, -0.2) is 4.98 Å². The smallest absolute Gasteiger partial charge is 0.263 e. The number of hydrogen-bond acceptors (Lipinski definition) is 4. The largest absolute Gasteiger partial charge is 0.337 e. The highest BCUT2D eigenvalue weighted by molar-refractivity contribution is 7.20. The van der Waals surface area contributed by atoms with Crippen LogP contribution in [0.5, 0.6) is 0 Å². The molecule has 128 valence electrons. The van der Waals surface area contributed by atoms with Crippen LogP contribution in [0.2, 0.25) is 0 Å². The van der Waals surface area contributed by atoms with Crippen molar-refractivity contribution >= 4 is 33.1 Å². The molecule has 1 atom stereocenters. The number of hydrogen-bond donors (Lipinski definition) is 0. The van der Waals surface area contributed by atoms with E-state index in [2.05, 4.69) is 4.98 Å². The van der Waals surface area contributed by atoms with Crippen LogP contribution in [-0.4, -0.2) is 39.2 Å². The number of nitrogens with zero attached hydrogens (tertiary/aromatic N) is 3. The molecule has 1 aliphatic rings. The maximum absolute atomic E-state index is 12.9. The average molecular weight is 353 g/mol. The van der Waals surface area contributed by atoms with Gasteiger partial charge in [-0.2, -0.15) is 0 Å². The molecule has 3 heterocycles. The van der Waals surface area contributed by atoms with E-state index in [0.29, 0.717) is 18.9 Å². The SMILES string of the molecule is Cn1ccnc1C(=O)C1CCCN(C(=O)c2cc3ccccc3s2)C1. The van der Waals surface area contributed by atoms with Gasteiger partial charge in [0.1, 0.15) is 0 Å². The van der Waals surface area contributed by atoms with Crippen LogP contribution in [0.1, 0.15) is 33.1 Å². The monoisotopic (exact) mass is 353 g/mol. The molecule has 0 N–H and O–H groups in total. The summed E-state index contributed by atoms with van der Waals surface area (Å²) in [7, 11) is 1.82. The van der Waals surface area contributed by atoms with Gasteiger partial charge in [0.15, 0.2) is 5.82 Å². The van der Waals surface area contributed by atoms with Gasteiger partial charge >= 0.3 is 0 Å². The van der Waals surface area contributed by atoms with Crippen LogP contribution in [0.15, 0.2) is 42.7 Å². The minimum Gasteiger partial charge on any atom is -0.337 e. The summed E-state index contributed by atoms with van der Waals surface area (Å²) >= 11 is 1.52. The number of rotatable bonds is 3. The van der Waals surface area contributed by atoms with Gasteiger partial charge < -0.3 is 9.47 Å². The number of benzene rings is 1. The number of imidazole rings is 1. The zero-order chi connectivity index (χ0) is 17.4. The van der Waals surface area contributed by atoms with E-state index in [-0.39, 0.29) is 17.6 Å². The number of ketones is 1. The van der Waals surface area contributed by atoms with Crippen molar-refractivity contribution in [3.8, 4) is 0 Å². The molecule has 1 aromatic carbocycles. The Morgan fingerprint density at radius 1 is 1.28 bits per heavy atom. The number of fused-ring (bicyclic) bond motifs is 1. The molecule has 6 heteroatoms. The number of aromatic nitrogens is 2. The first-order valence-corrected chi connectivity index (χ1v) is 9.24. The molecule has 3 aromatic rings. The number of aryl methyl sites for hydroxylation is 1. The normalized spacial score (nSPS) is 17.8. The summed E-state index contributed by atoms with van der Waals surface area (Å²) < 4.78 is 2.86. The number of carbonyl (C=O) groups excluding carboxylic acids is 2. The van der Waals surface area contributed by atoms with Gasteiger partial charge in [-0.3, -0.25) is 9.59 Å². The number of likely N-dealkylation sites (tertiary alicyclic amines) is 1. The third kappa shape index (κ3) is 2.98. The van der Waals surface area contributed by atoms with Crippen molar-refractivity contribution in [1.29, 1.82) is 0 Å². The molecule has 0 aliphatic carbocycles. The summed E-state index contributed by atoms with van der Waals surface area (Å²) in [6, 6.07) is 9.96. The van der Waals surface area contributed by atoms with Gasteiger partial charge in [-0.05, 0) is 30.4 Å². The van der Waals surface area contributed by atoms with E-state index in [4.69, 9.17) is 0 Å². The molecule has 0 saturated carbocycles. The lowest BCUT2D eigenvalue weighted by Crippen LogP contribution is -2.42. The van der Waals surface area contributed by atoms with E-state index < -0.39 is 0 Å². The van der Waals surface area contributed by atoms with Crippen molar-refractivity contribution in [2.45, 2.75) is 12.8 Å². The fraction of sp³-hybridized carbons (Fsp3) is 0.316. The molecule has 1 amide bonds. The molecule has 0 bridgehead atoms. The van der Waals surface area contributed by atoms with Gasteiger partial charge in [0, 0.05) is 43.1 Å². The van der Waals surface area contributed by atoms with Crippen molar-refractivity contribution in [2.24, 2.45) is 13.0 Å². The van der Waals surface area contributed by atoms with Gasteiger partial charge in [0.05, 0.1) is 4.88 Å². The molecule has 1 saturated heterocycles. The first kappa shape index (κ1) is 16.0. The van der Waals surface area contributed by atoms with Crippen LogP contribution in [0.4, 0.5) is 0 Å².